The summed E-state index contributed by atoms with van der Waals surface area (Å²) in [4.78, 5) is 40.7. The van der Waals surface area contributed by atoms with Crippen molar-refractivity contribution in [2.75, 3.05) is 44.2 Å². The van der Waals surface area contributed by atoms with Gasteiger partial charge in [0.2, 0.25) is 11.8 Å². The second-order valence-electron chi connectivity index (χ2n) is 8.21. The van der Waals surface area contributed by atoms with Crippen LogP contribution in [0.1, 0.15) is 24.2 Å². The minimum absolute atomic E-state index is 0.0274. The first-order chi connectivity index (χ1) is 15.5. The van der Waals surface area contributed by atoms with E-state index in [1.807, 2.05) is 24.3 Å². The molecular weight excluding hydrogens is 408 g/mol. The zero-order valence-corrected chi connectivity index (χ0v) is 18.4. The minimum Gasteiger partial charge on any atom is -0.477 e. The molecule has 1 aliphatic rings. The fraction of sp³-hybridized carbons (Fsp3) is 0.391. The maximum absolute atomic E-state index is 12.6. The van der Waals surface area contributed by atoms with Crippen LogP contribution in [-0.4, -0.2) is 71.0 Å². The summed E-state index contributed by atoms with van der Waals surface area (Å²) in [6.07, 6.45) is 3.30. The first-order valence-electron chi connectivity index (χ1n) is 10.8. The van der Waals surface area contributed by atoms with Crippen LogP contribution in [0.2, 0.25) is 0 Å². The lowest BCUT2D eigenvalue weighted by atomic mass is 10.1. The normalized spacial score (nSPS) is 14.1. The first-order valence-corrected chi connectivity index (χ1v) is 10.8. The number of H-pyrrole nitrogens is 1. The Bertz CT molecular complexity index is 1090. The average molecular weight is 437 g/mol. The Balaban J connectivity index is 1.28. The molecule has 3 heterocycles. The number of nitrogens with one attached hydrogen (secondary N) is 2. The van der Waals surface area contributed by atoms with Gasteiger partial charge in [0.25, 0.3) is 5.91 Å². The molecule has 0 bridgehead atoms. The van der Waals surface area contributed by atoms with Crippen LogP contribution in [0.25, 0.3) is 10.9 Å². The van der Waals surface area contributed by atoms with Crippen LogP contribution in [0.3, 0.4) is 0 Å². The number of fused-ring (bicyclic) bond motifs is 1. The molecule has 0 unspecified atom stereocenters. The molecule has 168 valence electrons. The Kier molecular flexibility index (Phi) is 6.53. The van der Waals surface area contributed by atoms with E-state index in [2.05, 4.69) is 39.0 Å². The van der Waals surface area contributed by atoms with Crippen molar-refractivity contribution in [3.63, 3.8) is 0 Å². The van der Waals surface area contributed by atoms with E-state index in [4.69, 9.17) is 4.74 Å². The van der Waals surface area contributed by atoms with E-state index >= 15 is 0 Å². The summed E-state index contributed by atoms with van der Waals surface area (Å²) in [5.41, 5.74) is 1.45. The molecule has 9 nitrogen and oxygen atoms in total. The number of carbonyl (C=O) groups excluding carboxylic acids is 2. The number of hydrogen-bond acceptors (Lipinski definition) is 6. The smallest absolute Gasteiger partial charge is 0.252 e. The predicted octanol–water partition coefficient (Wildman–Crippen LogP) is 2.07. The molecule has 3 aromatic rings. The van der Waals surface area contributed by atoms with Gasteiger partial charge in [0.05, 0.1) is 13.2 Å². The maximum atomic E-state index is 12.6. The van der Waals surface area contributed by atoms with Gasteiger partial charge in [0.15, 0.2) is 0 Å². The number of carbonyl (C=O) groups is 2. The summed E-state index contributed by atoms with van der Waals surface area (Å²) in [7, 11) is 0. The SMILES string of the molecule is CC(C)COc1cc(N2CCN(C(=O)CNC(=O)c3cccc4[nH]ccc34)CC2)ncn1. The van der Waals surface area contributed by atoms with Gasteiger partial charge < -0.3 is 24.8 Å². The predicted molar refractivity (Wildman–Crippen MR) is 122 cm³/mol. The van der Waals surface area contributed by atoms with Crippen molar-refractivity contribution in [2.45, 2.75) is 13.8 Å². The number of ether oxygens (including phenoxy) is 1. The fourth-order valence-corrected chi connectivity index (χ4v) is 3.67. The van der Waals surface area contributed by atoms with Crippen molar-refractivity contribution < 1.29 is 14.3 Å². The first kappa shape index (κ1) is 21.6. The van der Waals surface area contributed by atoms with Crippen molar-refractivity contribution in [3.8, 4) is 5.88 Å². The van der Waals surface area contributed by atoms with E-state index in [0.717, 1.165) is 16.7 Å². The standard InChI is InChI=1S/C23H28N6O3/c1-16(2)14-32-21-12-20(26-15-27-21)28-8-10-29(11-9-28)22(30)13-25-23(31)18-4-3-5-19-17(18)6-7-24-19/h3-7,12,15-16,24H,8-11,13-14H2,1-2H3,(H,25,31). The van der Waals surface area contributed by atoms with Crippen molar-refractivity contribution in [2.24, 2.45) is 5.92 Å². The maximum Gasteiger partial charge on any atom is 0.252 e. The lowest BCUT2D eigenvalue weighted by Gasteiger charge is -2.35. The third kappa shape index (κ3) is 4.99. The Morgan fingerprint density at radius 2 is 1.97 bits per heavy atom. The van der Waals surface area contributed by atoms with Crippen LogP contribution in [0, 0.1) is 5.92 Å². The van der Waals surface area contributed by atoms with Gasteiger partial charge in [-0.15, -0.1) is 0 Å². The van der Waals surface area contributed by atoms with Crippen LogP contribution < -0.4 is 15.0 Å². The highest BCUT2D eigenvalue weighted by Crippen LogP contribution is 2.19. The largest absolute Gasteiger partial charge is 0.477 e. The molecule has 1 saturated heterocycles. The number of aromatic nitrogens is 3. The van der Waals surface area contributed by atoms with Gasteiger partial charge in [-0.25, -0.2) is 9.97 Å². The molecule has 1 aromatic carbocycles. The summed E-state index contributed by atoms with van der Waals surface area (Å²) >= 11 is 0. The summed E-state index contributed by atoms with van der Waals surface area (Å²) in [5.74, 6) is 1.42. The van der Waals surface area contributed by atoms with Crippen LogP contribution in [0.5, 0.6) is 5.88 Å². The number of benzene rings is 1. The Morgan fingerprint density at radius 3 is 2.75 bits per heavy atom. The molecule has 2 amide bonds. The van der Waals surface area contributed by atoms with Crippen molar-refractivity contribution >= 4 is 28.5 Å². The van der Waals surface area contributed by atoms with Crippen molar-refractivity contribution in [3.05, 3.63) is 48.4 Å². The Morgan fingerprint density at radius 1 is 1.16 bits per heavy atom. The summed E-state index contributed by atoms with van der Waals surface area (Å²) in [6.45, 7) is 7.18. The van der Waals surface area contributed by atoms with E-state index in [0.29, 0.717) is 50.1 Å². The van der Waals surface area contributed by atoms with Gasteiger partial charge >= 0.3 is 0 Å². The molecule has 0 saturated carbocycles. The number of nitrogens with zero attached hydrogens (tertiary/aromatic N) is 4. The van der Waals surface area contributed by atoms with Gasteiger partial charge in [-0.3, -0.25) is 9.59 Å². The number of rotatable bonds is 7. The van der Waals surface area contributed by atoms with E-state index in [-0.39, 0.29) is 18.4 Å². The van der Waals surface area contributed by atoms with Crippen molar-refractivity contribution in [1.82, 2.24) is 25.2 Å². The Hall–Kier alpha value is -3.62. The zero-order valence-electron chi connectivity index (χ0n) is 18.4. The number of hydrogen-bond donors (Lipinski definition) is 2. The summed E-state index contributed by atoms with van der Waals surface area (Å²) in [5, 5.41) is 3.60. The topological polar surface area (TPSA) is 103 Å². The number of anilines is 1. The number of aromatic amines is 1. The van der Waals surface area contributed by atoms with Gasteiger partial charge in [-0.1, -0.05) is 19.9 Å². The monoisotopic (exact) mass is 436 g/mol. The number of piperazine rings is 1. The average Bonchev–Trinajstić information content (AvgIpc) is 3.30. The van der Waals surface area contributed by atoms with E-state index in [9.17, 15) is 9.59 Å². The van der Waals surface area contributed by atoms with Crippen LogP contribution in [-0.2, 0) is 4.79 Å². The Labute approximate surface area is 186 Å². The van der Waals surface area contributed by atoms with Gasteiger partial charge in [0.1, 0.15) is 12.1 Å². The van der Waals surface area contributed by atoms with E-state index in [1.54, 1.807) is 17.2 Å². The minimum atomic E-state index is -0.253. The molecule has 0 atom stereocenters. The fourth-order valence-electron chi connectivity index (χ4n) is 3.67. The molecule has 0 spiro atoms. The second-order valence-corrected chi connectivity index (χ2v) is 8.21. The third-order valence-electron chi connectivity index (χ3n) is 5.39. The molecule has 0 aliphatic carbocycles. The van der Waals surface area contributed by atoms with Crippen LogP contribution in [0.4, 0.5) is 5.82 Å². The zero-order chi connectivity index (χ0) is 22.5. The molecule has 2 aromatic heterocycles. The van der Waals surface area contributed by atoms with Crippen LogP contribution >= 0.6 is 0 Å². The molecule has 2 N–H and O–H groups in total. The molecule has 32 heavy (non-hydrogen) atoms. The van der Waals surface area contributed by atoms with E-state index < -0.39 is 0 Å². The lowest BCUT2D eigenvalue weighted by molar-refractivity contribution is -0.130. The molecule has 1 fully saturated rings. The van der Waals surface area contributed by atoms with Crippen LogP contribution in [0.15, 0.2) is 42.9 Å². The molecule has 9 heteroatoms. The summed E-state index contributed by atoms with van der Waals surface area (Å²) < 4.78 is 5.69. The highest BCUT2D eigenvalue weighted by molar-refractivity contribution is 6.07. The molecule has 4 rings (SSSR count). The van der Waals surface area contributed by atoms with Gasteiger partial charge in [-0.05, 0) is 24.1 Å². The van der Waals surface area contributed by atoms with Gasteiger partial charge in [0, 0.05) is 54.9 Å². The van der Waals surface area contributed by atoms with E-state index in [1.165, 1.54) is 6.33 Å². The number of amides is 2. The highest BCUT2D eigenvalue weighted by Gasteiger charge is 2.23. The third-order valence-corrected chi connectivity index (χ3v) is 5.39. The van der Waals surface area contributed by atoms with Crippen molar-refractivity contribution in [1.29, 1.82) is 0 Å². The highest BCUT2D eigenvalue weighted by atomic mass is 16.5. The molecular formula is C23H28N6O3. The molecule has 0 radical (unpaired) electrons. The molecule has 1 aliphatic heterocycles. The summed E-state index contributed by atoms with van der Waals surface area (Å²) in [6, 6.07) is 9.18. The van der Waals surface area contributed by atoms with Gasteiger partial charge in [-0.2, -0.15) is 0 Å². The lowest BCUT2D eigenvalue weighted by Crippen LogP contribution is -2.51. The second kappa shape index (κ2) is 9.67. The quantitative estimate of drug-likeness (QED) is 0.588.